The van der Waals surface area contributed by atoms with Crippen molar-refractivity contribution in [2.75, 3.05) is 10.6 Å². The van der Waals surface area contributed by atoms with E-state index in [0.29, 0.717) is 18.1 Å². The predicted molar refractivity (Wildman–Crippen MR) is 89.1 cm³/mol. The highest BCUT2D eigenvalue weighted by atomic mass is 32.1. The van der Waals surface area contributed by atoms with Gasteiger partial charge in [-0.2, -0.15) is 4.37 Å². The summed E-state index contributed by atoms with van der Waals surface area (Å²) in [5, 5.41) is 6.70. The molecule has 2 aromatic heterocycles. The summed E-state index contributed by atoms with van der Waals surface area (Å²) in [6, 6.07) is 1.29. The molecule has 0 aliphatic rings. The van der Waals surface area contributed by atoms with Crippen molar-refractivity contribution in [2.45, 2.75) is 33.2 Å². The summed E-state index contributed by atoms with van der Waals surface area (Å²) in [5.74, 6) is -0.0119. The summed E-state index contributed by atoms with van der Waals surface area (Å²) in [6.45, 7) is 5.12. The fourth-order valence-corrected chi connectivity index (χ4v) is 2.56. The number of carbonyl (C=O) groups excluding carboxylic acids is 2. The smallest absolute Gasteiger partial charge is 0.239 e. The fourth-order valence-electron chi connectivity index (χ4n) is 1.90. The molecule has 0 bridgehead atoms. The Morgan fingerprint density at radius 1 is 1.43 bits per heavy atom. The van der Waals surface area contributed by atoms with Crippen LogP contribution in [-0.4, -0.2) is 32.1 Å². The van der Waals surface area contributed by atoms with E-state index in [0.717, 1.165) is 10.7 Å². The third-order valence-electron chi connectivity index (χ3n) is 3.05. The van der Waals surface area contributed by atoms with Gasteiger partial charge >= 0.3 is 0 Å². The Morgan fingerprint density at radius 3 is 2.70 bits per heavy atom. The number of hydrogen-bond acceptors (Lipinski definition) is 8. The molecule has 8 nitrogen and oxygen atoms in total. The first-order chi connectivity index (χ1) is 10.9. The van der Waals surface area contributed by atoms with Crippen LogP contribution in [0.15, 0.2) is 12.3 Å². The van der Waals surface area contributed by atoms with Crippen molar-refractivity contribution in [2.24, 2.45) is 5.73 Å². The highest BCUT2D eigenvalue weighted by Gasteiger charge is 2.17. The molecule has 2 rings (SSSR count). The lowest BCUT2D eigenvalue weighted by molar-refractivity contribution is -0.118. The van der Waals surface area contributed by atoms with Crippen LogP contribution in [0.1, 0.15) is 36.5 Å². The molecule has 2 aromatic rings. The molecule has 0 radical (unpaired) electrons. The van der Waals surface area contributed by atoms with Gasteiger partial charge in [-0.15, -0.1) is 0 Å². The molecule has 4 N–H and O–H groups in total. The van der Waals surface area contributed by atoms with Gasteiger partial charge in [-0.05, 0) is 30.9 Å². The topological polar surface area (TPSA) is 123 Å². The van der Waals surface area contributed by atoms with Gasteiger partial charge in [-0.1, -0.05) is 6.92 Å². The number of nitrogens with one attached hydrogen (secondary N) is 2. The molecule has 0 spiro atoms. The van der Waals surface area contributed by atoms with Crippen molar-refractivity contribution in [3.05, 3.63) is 23.7 Å². The molecule has 0 unspecified atom stereocenters. The second-order valence-electron chi connectivity index (χ2n) is 4.97. The highest BCUT2D eigenvalue weighted by Crippen LogP contribution is 2.23. The van der Waals surface area contributed by atoms with Crippen LogP contribution >= 0.6 is 11.5 Å². The molecule has 23 heavy (non-hydrogen) atoms. The van der Waals surface area contributed by atoms with Crippen LogP contribution in [0, 0.1) is 6.92 Å². The van der Waals surface area contributed by atoms with Gasteiger partial charge < -0.3 is 16.4 Å². The number of amides is 1. The van der Waals surface area contributed by atoms with Crippen LogP contribution in [0.5, 0.6) is 0 Å². The zero-order chi connectivity index (χ0) is 17.0. The minimum atomic E-state index is -0.550. The number of Topliss-reactive ketones (excluding diaryl/α,β-unsaturated/α-hetero) is 1. The quantitative estimate of drug-likeness (QED) is 0.660. The fraction of sp³-hybridized carbons (Fsp3) is 0.357. The first kappa shape index (κ1) is 16.8. The lowest BCUT2D eigenvalue weighted by Crippen LogP contribution is -2.35. The minimum Gasteiger partial charge on any atom is -0.368 e. The van der Waals surface area contributed by atoms with Gasteiger partial charge in [-0.25, -0.2) is 9.97 Å². The van der Waals surface area contributed by atoms with Gasteiger partial charge in [0.25, 0.3) is 0 Å². The van der Waals surface area contributed by atoms with E-state index >= 15 is 0 Å². The van der Waals surface area contributed by atoms with Crippen LogP contribution in [0.4, 0.5) is 16.6 Å². The summed E-state index contributed by atoms with van der Waals surface area (Å²) < 4.78 is 4.16. The first-order valence-corrected chi connectivity index (χ1v) is 7.82. The third kappa shape index (κ3) is 4.22. The van der Waals surface area contributed by atoms with E-state index in [2.05, 4.69) is 25.0 Å². The summed E-state index contributed by atoms with van der Waals surface area (Å²) in [5.41, 5.74) is 6.39. The van der Waals surface area contributed by atoms with E-state index in [9.17, 15) is 9.59 Å². The third-order valence-corrected chi connectivity index (χ3v) is 3.85. The Morgan fingerprint density at radius 2 is 2.17 bits per heavy atom. The van der Waals surface area contributed by atoms with Gasteiger partial charge in [0, 0.05) is 6.92 Å². The Labute approximate surface area is 137 Å². The van der Waals surface area contributed by atoms with E-state index in [1.807, 2.05) is 19.9 Å². The Balaban J connectivity index is 2.31. The number of nitrogens with zero attached hydrogens (tertiary/aromatic N) is 3. The molecular weight excluding hydrogens is 316 g/mol. The minimum absolute atomic E-state index is 0.213. The van der Waals surface area contributed by atoms with Crippen molar-refractivity contribution in [3.63, 3.8) is 0 Å². The van der Waals surface area contributed by atoms with E-state index in [1.165, 1.54) is 24.7 Å². The monoisotopic (exact) mass is 334 g/mol. The number of carbonyl (C=O) groups is 2. The standard InChI is InChI=1S/C14H18N6O2S/c1-4-9(13(15)22)17-10-6-16-12(8(3)21)14(18-10)19-11-5-7(2)20-23-11/h5-6,9H,4H2,1-3H3,(H2,15,22)(H2,17,18,19)/t9-/m1/s1. The van der Waals surface area contributed by atoms with Gasteiger partial charge in [0.05, 0.1) is 11.9 Å². The van der Waals surface area contributed by atoms with Crippen molar-refractivity contribution >= 4 is 39.9 Å². The van der Waals surface area contributed by atoms with Crippen molar-refractivity contribution in [1.29, 1.82) is 0 Å². The largest absolute Gasteiger partial charge is 0.368 e. The molecule has 0 saturated carbocycles. The maximum atomic E-state index is 11.7. The summed E-state index contributed by atoms with van der Waals surface area (Å²) in [7, 11) is 0. The Kier molecular flexibility index (Phi) is 5.22. The van der Waals surface area contributed by atoms with E-state index < -0.39 is 11.9 Å². The van der Waals surface area contributed by atoms with Crippen LogP contribution in [-0.2, 0) is 4.79 Å². The van der Waals surface area contributed by atoms with Gasteiger partial charge in [-0.3, -0.25) is 9.59 Å². The highest BCUT2D eigenvalue weighted by molar-refractivity contribution is 7.10. The van der Waals surface area contributed by atoms with Crippen molar-refractivity contribution in [1.82, 2.24) is 14.3 Å². The summed E-state index contributed by atoms with van der Waals surface area (Å²) in [4.78, 5) is 31.5. The van der Waals surface area contributed by atoms with E-state index in [-0.39, 0.29) is 11.5 Å². The zero-order valence-corrected chi connectivity index (χ0v) is 13.9. The second-order valence-corrected chi connectivity index (χ2v) is 5.78. The van der Waals surface area contributed by atoms with Crippen molar-refractivity contribution in [3.8, 4) is 0 Å². The average Bonchev–Trinajstić information content (AvgIpc) is 2.89. The molecule has 0 aliphatic carbocycles. The van der Waals surface area contributed by atoms with Crippen LogP contribution in [0.25, 0.3) is 0 Å². The molecule has 2 heterocycles. The number of anilines is 3. The van der Waals surface area contributed by atoms with Gasteiger partial charge in [0.15, 0.2) is 11.6 Å². The maximum absolute atomic E-state index is 11.7. The van der Waals surface area contributed by atoms with E-state index in [1.54, 1.807) is 0 Å². The zero-order valence-electron chi connectivity index (χ0n) is 13.1. The van der Waals surface area contributed by atoms with Gasteiger partial charge in [0.1, 0.15) is 22.6 Å². The van der Waals surface area contributed by atoms with Crippen molar-refractivity contribution < 1.29 is 9.59 Å². The van der Waals surface area contributed by atoms with Crippen LogP contribution in [0.3, 0.4) is 0 Å². The molecule has 1 amide bonds. The Bertz CT molecular complexity index is 730. The van der Waals surface area contributed by atoms with Gasteiger partial charge in [0.2, 0.25) is 5.91 Å². The van der Waals surface area contributed by atoms with Crippen LogP contribution < -0.4 is 16.4 Å². The average molecular weight is 334 g/mol. The van der Waals surface area contributed by atoms with E-state index in [4.69, 9.17) is 5.73 Å². The summed E-state index contributed by atoms with van der Waals surface area (Å²) >= 11 is 1.26. The number of aromatic nitrogens is 3. The second kappa shape index (κ2) is 7.14. The molecule has 0 aromatic carbocycles. The SMILES string of the molecule is CC[C@@H](Nc1cnc(C(C)=O)c(Nc2cc(C)ns2)n1)C(N)=O. The molecule has 122 valence electrons. The molecule has 0 aliphatic heterocycles. The number of aryl methyl sites for hydroxylation is 1. The molecule has 0 fully saturated rings. The molecule has 0 saturated heterocycles. The lowest BCUT2D eigenvalue weighted by atomic mass is 10.2. The van der Waals surface area contributed by atoms with Crippen LogP contribution in [0.2, 0.25) is 0 Å². The number of rotatable bonds is 7. The summed E-state index contributed by atoms with van der Waals surface area (Å²) in [6.07, 6.45) is 1.92. The Hall–Kier alpha value is -2.55. The lowest BCUT2D eigenvalue weighted by Gasteiger charge is -2.15. The number of ketones is 1. The molecular formula is C14H18N6O2S. The molecule has 1 atom stereocenters. The molecule has 9 heteroatoms. The first-order valence-electron chi connectivity index (χ1n) is 7.04. The predicted octanol–water partition coefficient (Wildman–Crippen LogP) is 1.86. The normalized spacial score (nSPS) is 11.8. The number of primary amides is 1. The number of hydrogen-bond donors (Lipinski definition) is 3. The number of nitrogens with two attached hydrogens (primary N) is 1. The maximum Gasteiger partial charge on any atom is 0.239 e.